The molecule has 0 atom stereocenters. The van der Waals surface area contributed by atoms with E-state index in [-0.39, 0.29) is 11.8 Å². The molecule has 0 amide bonds. The molecule has 1 N–H and O–H groups in total. The monoisotopic (exact) mass is 475 g/mol. The first-order valence-corrected chi connectivity index (χ1v) is 10.8. The van der Waals surface area contributed by atoms with Gasteiger partial charge in [0, 0.05) is 31.9 Å². The van der Waals surface area contributed by atoms with Crippen LogP contribution in [0.1, 0.15) is 11.4 Å². The number of nitrogens with one attached hydrogen (secondary N) is 1. The fourth-order valence-corrected chi connectivity index (χ4v) is 3.44. The van der Waals surface area contributed by atoms with Gasteiger partial charge in [0.25, 0.3) is 0 Å². The van der Waals surface area contributed by atoms with Crippen molar-refractivity contribution in [2.75, 3.05) is 41.4 Å². The Bertz CT molecular complexity index is 1020. The first-order valence-electron chi connectivity index (χ1n) is 9.71. The van der Waals surface area contributed by atoms with Crippen molar-refractivity contribution in [3.8, 4) is 0 Å². The maximum absolute atomic E-state index is 6.06. The third kappa shape index (κ3) is 5.76. The molecular formula is C21H20Cl3N7. The van der Waals surface area contributed by atoms with E-state index in [1.807, 2.05) is 53.4 Å². The van der Waals surface area contributed by atoms with Crippen molar-refractivity contribution < 1.29 is 0 Å². The zero-order valence-corrected chi connectivity index (χ0v) is 18.8. The topological polar surface area (TPSA) is 69.5 Å². The number of hydrazone groups is 1. The summed E-state index contributed by atoms with van der Waals surface area (Å²) in [6, 6.07) is 20.0. The highest BCUT2D eigenvalue weighted by atomic mass is 35.6. The number of hydrogen-bond donors (Lipinski definition) is 1. The van der Waals surface area contributed by atoms with E-state index in [4.69, 9.17) is 34.8 Å². The lowest BCUT2D eigenvalue weighted by Gasteiger charge is -2.36. The van der Waals surface area contributed by atoms with Crippen molar-refractivity contribution in [2.24, 2.45) is 5.10 Å². The molecule has 2 aromatic carbocycles. The van der Waals surface area contributed by atoms with E-state index in [1.54, 1.807) is 6.21 Å². The maximum Gasteiger partial charge on any atom is 0.250 e. The minimum Gasteiger partial charge on any atom is -0.368 e. The molecule has 0 aliphatic carbocycles. The Morgan fingerprint density at radius 2 is 1.42 bits per heavy atom. The molecule has 10 heteroatoms. The van der Waals surface area contributed by atoms with Crippen molar-refractivity contribution in [1.29, 1.82) is 0 Å². The van der Waals surface area contributed by atoms with Crippen LogP contribution in [-0.4, -0.2) is 47.3 Å². The van der Waals surface area contributed by atoms with E-state index in [2.05, 4.69) is 42.5 Å². The van der Waals surface area contributed by atoms with Crippen molar-refractivity contribution in [1.82, 2.24) is 15.0 Å². The number of para-hydroxylation sites is 1. The third-order valence-corrected chi connectivity index (χ3v) is 5.25. The summed E-state index contributed by atoms with van der Waals surface area (Å²) in [7, 11) is 0. The van der Waals surface area contributed by atoms with Gasteiger partial charge in [-0.05, 0) is 17.7 Å². The summed E-state index contributed by atoms with van der Waals surface area (Å²) >= 11 is 18.2. The Kier molecular flexibility index (Phi) is 6.75. The molecule has 1 aliphatic rings. The van der Waals surface area contributed by atoms with Crippen molar-refractivity contribution in [3.05, 3.63) is 72.1 Å². The lowest BCUT2D eigenvalue weighted by atomic mass is 10.2. The fourth-order valence-electron chi connectivity index (χ4n) is 3.19. The molecule has 3 aromatic rings. The van der Waals surface area contributed by atoms with Crippen LogP contribution >= 0.6 is 34.8 Å². The second kappa shape index (κ2) is 9.68. The summed E-state index contributed by atoms with van der Waals surface area (Å²) in [6.45, 7) is 3.11. The van der Waals surface area contributed by atoms with Crippen LogP contribution in [0.3, 0.4) is 0 Å². The average Bonchev–Trinajstić information content (AvgIpc) is 2.80. The summed E-state index contributed by atoms with van der Waals surface area (Å²) in [6.07, 6.45) is 1.66. The number of rotatable bonds is 5. The van der Waals surface area contributed by atoms with E-state index >= 15 is 0 Å². The van der Waals surface area contributed by atoms with Crippen LogP contribution in [0.15, 0.2) is 65.8 Å². The zero-order valence-electron chi connectivity index (χ0n) is 16.5. The zero-order chi connectivity index (χ0) is 21.7. The van der Waals surface area contributed by atoms with Gasteiger partial charge in [0.05, 0.1) is 6.21 Å². The molecule has 1 aromatic heterocycles. The summed E-state index contributed by atoms with van der Waals surface area (Å²) in [5.41, 5.74) is 4.94. The molecule has 7 nitrogen and oxygen atoms in total. The highest BCUT2D eigenvalue weighted by Gasteiger charge is 2.30. The Labute approximate surface area is 195 Å². The molecule has 0 bridgehead atoms. The molecule has 4 rings (SSSR count). The van der Waals surface area contributed by atoms with Gasteiger partial charge in [0.1, 0.15) is 0 Å². The number of nitrogens with zero attached hydrogens (tertiary/aromatic N) is 6. The molecular weight excluding hydrogens is 457 g/mol. The van der Waals surface area contributed by atoms with Gasteiger partial charge >= 0.3 is 0 Å². The highest BCUT2D eigenvalue weighted by molar-refractivity contribution is 6.66. The predicted molar refractivity (Wildman–Crippen MR) is 128 cm³/mol. The Morgan fingerprint density at radius 1 is 0.806 bits per heavy atom. The van der Waals surface area contributed by atoms with Gasteiger partial charge in [0.2, 0.25) is 15.7 Å². The SMILES string of the molecule is ClC(Cl)(Cl)c1nc(N/N=C/c2ccccc2)nc(N2CCN(c3ccccc3)CC2)n1. The molecule has 2 heterocycles. The molecule has 160 valence electrons. The first-order chi connectivity index (χ1) is 15.0. The van der Waals surface area contributed by atoms with Crippen LogP contribution in [0.5, 0.6) is 0 Å². The molecule has 0 saturated carbocycles. The minimum absolute atomic E-state index is 0.0467. The standard InChI is InChI=1S/C21H20Cl3N7/c22-21(23,24)18-26-19(29-25-15-16-7-3-1-4-8-16)28-20(27-18)31-13-11-30(12-14-31)17-9-5-2-6-10-17/h1-10,15H,11-14H2,(H,26,27,28,29)/b25-15+. The second-order valence-electron chi connectivity index (χ2n) is 6.87. The van der Waals surface area contributed by atoms with E-state index in [0.29, 0.717) is 5.95 Å². The number of alkyl halides is 3. The molecule has 0 spiro atoms. The normalized spacial score (nSPS) is 14.8. The van der Waals surface area contributed by atoms with Crippen LogP contribution in [0.25, 0.3) is 0 Å². The van der Waals surface area contributed by atoms with Gasteiger partial charge in [-0.1, -0.05) is 83.3 Å². The van der Waals surface area contributed by atoms with Crippen molar-refractivity contribution in [3.63, 3.8) is 0 Å². The lowest BCUT2D eigenvalue weighted by Crippen LogP contribution is -2.47. The summed E-state index contributed by atoms with van der Waals surface area (Å²) in [5.74, 6) is 0.704. The number of aromatic nitrogens is 3. The highest BCUT2D eigenvalue weighted by Crippen LogP contribution is 2.36. The number of halogens is 3. The smallest absolute Gasteiger partial charge is 0.250 e. The van der Waals surface area contributed by atoms with Crippen LogP contribution in [-0.2, 0) is 3.79 Å². The maximum atomic E-state index is 6.06. The van der Waals surface area contributed by atoms with Crippen LogP contribution < -0.4 is 15.2 Å². The molecule has 31 heavy (non-hydrogen) atoms. The molecule has 1 aliphatic heterocycles. The van der Waals surface area contributed by atoms with Crippen LogP contribution in [0, 0.1) is 0 Å². The predicted octanol–water partition coefficient (Wildman–Crippen LogP) is 4.47. The minimum atomic E-state index is -1.77. The van der Waals surface area contributed by atoms with Gasteiger partial charge in [-0.15, -0.1) is 0 Å². The molecule has 1 fully saturated rings. The van der Waals surface area contributed by atoms with E-state index < -0.39 is 3.79 Å². The summed E-state index contributed by atoms with van der Waals surface area (Å²) in [5, 5.41) is 4.19. The lowest BCUT2D eigenvalue weighted by molar-refractivity contribution is 0.636. The number of hydrogen-bond acceptors (Lipinski definition) is 7. The average molecular weight is 477 g/mol. The van der Waals surface area contributed by atoms with Crippen molar-refractivity contribution in [2.45, 2.75) is 3.79 Å². The second-order valence-corrected chi connectivity index (χ2v) is 9.15. The van der Waals surface area contributed by atoms with Gasteiger partial charge in [0.15, 0.2) is 5.82 Å². The number of anilines is 3. The van der Waals surface area contributed by atoms with Crippen LogP contribution in [0.2, 0.25) is 0 Å². The van der Waals surface area contributed by atoms with Crippen molar-refractivity contribution >= 4 is 58.6 Å². The summed E-state index contributed by atoms with van der Waals surface area (Å²) < 4.78 is -1.77. The van der Waals surface area contributed by atoms with E-state index in [9.17, 15) is 0 Å². The van der Waals surface area contributed by atoms with Gasteiger partial charge in [-0.2, -0.15) is 20.1 Å². The third-order valence-electron chi connectivity index (χ3n) is 4.74. The van der Waals surface area contributed by atoms with Gasteiger partial charge in [-0.3, -0.25) is 0 Å². The fraction of sp³-hybridized carbons (Fsp3) is 0.238. The Hall–Kier alpha value is -2.61. The van der Waals surface area contributed by atoms with Gasteiger partial charge in [-0.25, -0.2) is 5.43 Å². The molecule has 0 radical (unpaired) electrons. The number of piperazine rings is 1. The Morgan fingerprint density at radius 3 is 2.06 bits per heavy atom. The Balaban J connectivity index is 1.50. The van der Waals surface area contributed by atoms with Gasteiger partial charge < -0.3 is 9.80 Å². The summed E-state index contributed by atoms with van der Waals surface area (Å²) in [4.78, 5) is 17.5. The van der Waals surface area contributed by atoms with E-state index in [1.165, 1.54) is 5.69 Å². The first kappa shape index (κ1) is 21.6. The largest absolute Gasteiger partial charge is 0.368 e. The number of benzene rings is 2. The van der Waals surface area contributed by atoms with Crippen LogP contribution in [0.4, 0.5) is 17.6 Å². The van der Waals surface area contributed by atoms with E-state index in [0.717, 1.165) is 31.7 Å². The molecule has 0 unspecified atom stereocenters. The molecule has 1 saturated heterocycles. The quantitative estimate of drug-likeness (QED) is 0.333.